The van der Waals surface area contributed by atoms with Gasteiger partial charge < -0.3 is 5.32 Å². The fourth-order valence-corrected chi connectivity index (χ4v) is 1.79. The molecule has 0 spiro atoms. The Morgan fingerprint density at radius 3 is 2.50 bits per heavy atom. The van der Waals surface area contributed by atoms with E-state index in [0.717, 1.165) is 10.5 Å². The summed E-state index contributed by atoms with van der Waals surface area (Å²) in [5.41, 5.74) is 1.99. The van der Waals surface area contributed by atoms with E-state index in [9.17, 15) is 9.18 Å². The smallest absolute Gasteiger partial charge is 0.255 e. The number of rotatable bonds is 2. The Hall–Kier alpha value is -1.81. The van der Waals surface area contributed by atoms with Gasteiger partial charge in [0.15, 0.2) is 0 Å². The van der Waals surface area contributed by atoms with Crippen LogP contribution in [0, 0.1) is 12.7 Å². The summed E-state index contributed by atoms with van der Waals surface area (Å²) < 4.78 is 12.7. The molecule has 0 aliphatic carbocycles. The minimum atomic E-state index is -0.332. The maximum atomic E-state index is 12.7. The molecule has 0 aliphatic heterocycles. The van der Waals surface area contributed by atoms with Crippen molar-refractivity contribution in [1.29, 1.82) is 0 Å². The lowest BCUT2D eigenvalue weighted by molar-refractivity contribution is 0.102. The van der Waals surface area contributed by atoms with Crippen LogP contribution in [0.4, 0.5) is 10.1 Å². The number of aryl methyl sites for hydroxylation is 1. The van der Waals surface area contributed by atoms with Crippen LogP contribution in [0.15, 0.2) is 47.4 Å². The first-order valence-electron chi connectivity index (χ1n) is 5.43. The molecule has 1 amide bonds. The molecule has 2 rings (SSSR count). The topological polar surface area (TPSA) is 29.1 Å². The van der Waals surface area contributed by atoms with Crippen molar-refractivity contribution in [3.05, 3.63) is 59.4 Å². The fraction of sp³-hybridized carbons (Fsp3) is 0.0714. The quantitative estimate of drug-likeness (QED) is 0.793. The van der Waals surface area contributed by atoms with Gasteiger partial charge in [0.25, 0.3) is 5.91 Å². The average molecular weight is 261 g/mol. The number of carbonyl (C=O) groups excluding carboxylic acids is 1. The van der Waals surface area contributed by atoms with Crippen LogP contribution in [0.5, 0.6) is 0 Å². The van der Waals surface area contributed by atoms with Crippen LogP contribution in [0.2, 0.25) is 0 Å². The van der Waals surface area contributed by atoms with Crippen molar-refractivity contribution in [1.82, 2.24) is 0 Å². The summed E-state index contributed by atoms with van der Waals surface area (Å²) in [7, 11) is 0. The zero-order chi connectivity index (χ0) is 13.1. The summed E-state index contributed by atoms with van der Waals surface area (Å²) in [6, 6.07) is 11.0. The molecule has 2 aromatic carbocycles. The molecule has 1 N–H and O–H groups in total. The number of carbonyl (C=O) groups is 1. The Morgan fingerprint density at radius 2 is 1.83 bits per heavy atom. The first-order chi connectivity index (χ1) is 8.56. The summed E-state index contributed by atoms with van der Waals surface area (Å²) >= 11 is 4.21. The van der Waals surface area contributed by atoms with E-state index in [1.54, 1.807) is 6.07 Å². The van der Waals surface area contributed by atoms with Crippen molar-refractivity contribution in [3.8, 4) is 0 Å². The number of thiol groups is 1. The van der Waals surface area contributed by atoms with E-state index in [-0.39, 0.29) is 11.7 Å². The molecule has 92 valence electrons. The average Bonchev–Trinajstić information content (AvgIpc) is 2.35. The van der Waals surface area contributed by atoms with Crippen LogP contribution in [0.25, 0.3) is 0 Å². The standard InChI is InChI=1S/C14H12FNOS/c1-9-2-7-12(18)8-13(9)14(17)16-11-5-3-10(15)4-6-11/h2-8,18H,1H3,(H,16,17). The zero-order valence-corrected chi connectivity index (χ0v) is 10.7. The molecule has 0 saturated carbocycles. The van der Waals surface area contributed by atoms with Crippen molar-refractivity contribution >= 4 is 24.2 Å². The van der Waals surface area contributed by atoms with Crippen molar-refractivity contribution in [3.63, 3.8) is 0 Å². The number of hydrogen-bond donors (Lipinski definition) is 2. The number of amides is 1. The maximum Gasteiger partial charge on any atom is 0.255 e. The number of benzene rings is 2. The first kappa shape index (κ1) is 12.6. The third-order valence-corrected chi connectivity index (χ3v) is 2.85. The molecular formula is C14H12FNOS. The van der Waals surface area contributed by atoms with Crippen LogP contribution >= 0.6 is 12.6 Å². The molecule has 0 fully saturated rings. The molecule has 2 nitrogen and oxygen atoms in total. The van der Waals surface area contributed by atoms with Crippen LogP contribution in [0.1, 0.15) is 15.9 Å². The van der Waals surface area contributed by atoms with Crippen LogP contribution in [-0.2, 0) is 0 Å². The molecule has 0 saturated heterocycles. The number of hydrogen-bond acceptors (Lipinski definition) is 2. The Morgan fingerprint density at radius 1 is 1.17 bits per heavy atom. The van der Waals surface area contributed by atoms with Crippen molar-refractivity contribution in [2.75, 3.05) is 5.32 Å². The highest BCUT2D eigenvalue weighted by atomic mass is 32.1. The highest BCUT2D eigenvalue weighted by molar-refractivity contribution is 7.80. The van der Waals surface area contributed by atoms with E-state index in [1.165, 1.54) is 24.3 Å². The monoisotopic (exact) mass is 261 g/mol. The van der Waals surface area contributed by atoms with Gasteiger partial charge in [-0.05, 0) is 48.9 Å². The van der Waals surface area contributed by atoms with Gasteiger partial charge in [0.05, 0.1) is 0 Å². The predicted octanol–water partition coefficient (Wildman–Crippen LogP) is 3.68. The van der Waals surface area contributed by atoms with E-state index in [4.69, 9.17) is 0 Å². The number of anilines is 1. The van der Waals surface area contributed by atoms with Gasteiger partial charge in [0.1, 0.15) is 5.82 Å². The van der Waals surface area contributed by atoms with E-state index < -0.39 is 0 Å². The highest BCUT2D eigenvalue weighted by Gasteiger charge is 2.09. The van der Waals surface area contributed by atoms with Gasteiger partial charge in [-0.15, -0.1) is 12.6 Å². The Bertz CT molecular complexity index is 581. The third-order valence-electron chi connectivity index (χ3n) is 2.57. The molecule has 2 aromatic rings. The van der Waals surface area contributed by atoms with Gasteiger partial charge in [-0.2, -0.15) is 0 Å². The second kappa shape index (κ2) is 5.23. The second-order valence-electron chi connectivity index (χ2n) is 3.96. The zero-order valence-electron chi connectivity index (χ0n) is 9.77. The van der Waals surface area contributed by atoms with E-state index in [2.05, 4.69) is 17.9 Å². The van der Waals surface area contributed by atoms with Gasteiger partial charge >= 0.3 is 0 Å². The molecular weight excluding hydrogens is 249 g/mol. The van der Waals surface area contributed by atoms with Crippen molar-refractivity contribution in [2.45, 2.75) is 11.8 Å². The lowest BCUT2D eigenvalue weighted by atomic mass is 10.1. The summed E-state index contributed by atoms with van der Waals surface area (Å²) in [5, 5.41) is 2.71. The van der Waals surface area contributed by atoms with Gasteiger partial charge in [0, 0.05) is 16.1 Å². The maximum absolute atomic E-state index is 12.7. The molecule has 0 bridgehead atoms. The minimum Gasteiger partial charge on any atom is -0.322 e. The molecule has 4 heteroatoms. The largest absolute Gasteiger partial charge is 0.322 e. The van der Waals surface area contributed by atoms with Crippen molar-refractivity contribution in [2.24, 2.45) is 0 Å². The fourth-order valence-electron chi connectivity index (χ4n) is 1.59. The van der Waals surface area contributed by atoms with E-state index in [0.29, 0.717) is 11.3 Å². The molecule has 0 radical (unpaired) electrons. The normalized spacial score (nSPS) is 10.2. The molecule has 0 aromatic heterocycles. The molecule has 0 unspecified atom stereocenters. The van der Waals surface area contributed by atoms with Crippen molar-refractivity contribution < 1.29 is 9.18 Å². The Balaban J connectivity index is 2.21. The van der Waals surface area contributed by atoms with Gasteiger partial charge in [0.2, 0.25) is 0 Å². The predicted molar refractivity (Wildman–Crippen MR) is 72.8 cm³/mol. The summed E-state index contributed by atoms with van der Waals surface area (Å²) in [6.07, 6.45) is 0. The highest BCUT2D eigenvalue weighted by Crippen LogP contribution is 2.16. The molecule has 0 heterocycles. The second-order valence-corrected chi connectivity index (χ2v) is 4.48. The first-order valence-corrected chi connectivity index (χ1v) is 5.87. The summed E-state index contributed by atoms with van der Waals surface area (Å²) in [4.78, 5) is 12.8. The lowest BCUT2D eigenvalue weighted by Crippen LogP contribution is -2.13. The summed E-state index contributed by atoms with van der Waals surface area (Å²) in [6.45, 7) is 1.85. The SMILES string of the molecule is Cc1ccc(S)cc1C(=O)Nc1ccc(F)cc1. The number of halogens is 1. The van der Waals surface area contributed by atoms with Crippen LogP contribution in [-0.4, -0.2) is 5.91 Å². The summed E-state index contributed by atoms with van der Waals surface area (Å²) in [5.74, 6) is -0.559. The van der Waals surface area contributed by atoms with Gasteiger partial charge in [-0.1, -0.05) is 6.07 Å². The van der Waals surface area contributed by atoms with Gasteiger partial charge in [-0.25, -0.2) is 4.39 Å². The van der Waals surface area contributed by atoms with Crippen LogP contribution < -0.4 is 5.32 Å². The lowest BCUT2D eigenvalue weighted by Gasteiger charge is -2.08. The third kappa shape index (κ3) is 2.90. The van der Waals surface area contributed by atoms with Gasteiger partial charge in [-0.3, -0.25) is 4.79 Å². The van der Waals surface area contributed by atoms with Crippen LogP contribution in [0.3, 0.4) is 0 Å². The molecule has 18 heavy (non-hydrogen) atoms. The Kier molecular flexibility index (Phi) is 3.67. The molecule has 0 aliphatic rings. The Labute approximate surface area is 110 Å². The molecule has 0 atom stereocenters. The number of nitrogens with one attached hydrogen (secondary N) is 1. The van der Waals surface area contributed by atoms with E-state index >= 15 is 0 Å². The minimum absolute atomic E-state index is 0.227. The van der Waals surface area contributed by atoms with E-state index in [1.807, 2.05) is 19.1 Å².